The number of carbonyl (C=O) groups excluding carboxylic acids is 1. The Morgan fingerprint density at radius 1 is 1.35 bits per heavy atom. The van der Waals surface area contributed by atoms with E-state index in [4.69, 9.17) is 9.84 Å². The minimum Gasteiger partial charge on any atom is -0.396 e. The van der Waals surface area contributed by atoms with Crippen molar-refractivity contribution >= 4 is 6.03 Å². The Bertz CT molecular complexity index is 461. The highest BCUT2D eigenvalue weighted by Gasteiger charge is 2.23. The van der Waals surface area contributed by atoms with Crippen molar-refractivity contribution in [2.75, 3.05) is 19.8 Å². The molecule has 23 heavy (non-hydrogen) atoms. The first-order valence-corrected chi connectivity index (χ1v) is 8.49. The summed E-state index contributed by atoms with van der Waals surface area (Å²) in [5.41, 5.74) is 1.12. The predicted octanol–water partition coefficient (Wildman–Crippen LogP) is 2.61. The molecule has 3 unspecified atom stereocenters. The summed E-state index contributed by atoms with van der Waals surface area (Å²) >= 11 is 0. The number of benzene rings is 1. The summed E-state index contributed by atoms with van der Waals surface area (Å²) in [6.45, 7) is 3.70. The van der Waals surface area contributed by atoms with Crippen LogP contribution in [-0.2, 0) is 4.74 Å². The third-order valence-electron chi connectivity index (χ3n) is 4.27. The van der Waals surface area contributed by atoms with E-state index in [-0.39, 0.29) is 24.7 Å². The molecule has 1 saturated heterocycles. The topological polar surface area (TPSA) is 70.6 Å². The van der Waals surface area contributed by atoms with Gasteiger partial charge < -0.3 is 20.5 Å². The monoisotopic (exact) mass is 320 g/mol. The van der Waals surface area contributed by atoms with Gasteiger partial charge in [0.2, 0.25) is 0 Å². The SMILES string of the molecule is CC(CCCO)NC(=O)NC(CC1CCOC1)c1ccccc1. The first-order chi connectivity index (χ1) is 11.2. The van der Waals surface area contributed by atoms with E-state index in [1.54, 1.807) is 0 Å². The number of nitrogens with one attached hydrogen (secondary N) is 2. The number of rotatable bonds is 8. The molecule has 1 heterocycles. The van der Waals surface area contributed by atoms with Gasteiger partial charge in [-0.3, -0.25) is 0 Å². The Morgan fingerprint density at radius 3 is 2.78 bits per heavy atom. The number of amides is 2. The number of urea groups is 1. The molecule has 5 heteroatoms. The molecule has 3 N–H and O–H groups in total. The van der Waals surface area contributed by atoms with Crippen molar-refractivity contribution in [2.45, 2.75) is 44.7 Å². The summed E-state index contributed by atoms with van der Waals surface area (Å²) in [5.74, 6) is 0.493. The minimum absolute atomic E-state index is 0.00654. The summed E-state index contributed by atoms with van der Waals surface area (Å²) in [7, 11) is 0. The molecule has 1 aliphatic rings. The average molecular weight is 320 g/mol. The molecular formula is C18H28N2O3. The maximum absolute atomic E-state index is 12.3. The zero-order valence-corrected chi connectivity index (χ0v) is 13.8. The summed E-state index contributed by atoms with van der Waals surface area (Å²) < 4.78 is 5.46. The van der Waals surface area contributed by atoms with Crippen molar-refractivity contribution in [1.29, 1.82) is 0 Å². The molecule has 5 nitrogen and oxygen atoms in total. The van der Waals surface area contributed by atoms with Crippen LogP contribution in [0.4, 0.5) is 4.79 Å². The number of hydrogen-bond acceptors (Lipinski definition) is 3. The molecule has 1 aliphatic heterocycles. The molecule has 1 aromatic rings. The van der Waals surface area contributed by atoms with Crippen LogP contribution < -0.4 is 10.6 Å². The van der Waals surface area contributed by atoms with Gasteiger partial charge in [0.1, 0.15) is 0 Å². The van der Waals surface area contributed by atoms with Gasteiger partial charge in [0, 0.05) is 25.9 Å². The molecule has 1 fully saturated rings. The Labute approximate surface area is 138 Å². The van der Waals surface area contributed by atoms with Gasteiger partial charge in [-0.2, -0.15) is 0 Å². The quantitative estimate of drug-likeness (QED) is 0.689. The van der Waals surface area contributed by atoms with E-state index in [9.17, 15) is 4.79 Å². The van der Waals surface area contributed by atoms with Crippen LogP contribution in [0.3, 0.4) is 0 Å². The van der Waals surface area contributed by atoms with E-state index in [2.05, 4.69) is 22.8 Å². The molecule has 3 atom stereocenters. The second-order valence-corrected chi connectivity index (χ2v) is 6.31. The first-order valence-electron chi connectivity index (χ1n) is 8.49. The number of hydrogen-bond donors (Lipinski definition) is 3. The Kier molecular flexibility index (Phi) is 7.36. The Morgan fingerprint density at radius 2 is 2.13 bits per heavy atom. The third-order valence-corrected chi connectivity index (χ3v) is 4.27. The van der Waals surface area contributed by atoms with E-state index >= 15 is 0 Å². The minimum atomic E-state index is -0.150. The molecule has 0 aliphatic carbocycles. The van der Waals surface area contributed by atoms with Crippen LogP contribution in [0.15, 0.2) is 30.3 Å². The van der Waals surface area contributed by atoms with E-state index in [1.807, 2.05) is 25.1 Å². The molecule has 0 aromatic heterocycles. The third kappa shape index (κ3) is 6.20. The molecule has 0 radical (unpaired) electrons. The lowest BCUT2D eigenvalue weighted by Gasteiger charge is -2.23. The lowest BCUT2D eigenvalue weighted by atomic mass is 9.94. The van der Waals surface area contributed by atoms with Crippen LogP contribution in [0.5, 0.6) is 0 Å². The van der Waals surface area contributed by atoms with Crippen molar-refractivity contribution in [3.8, 4) is 0 Å². The van der Waals surface area contributed by atoms with Crippen LogP contribution in [0.1, 0.15) is 44.2 Å². The van der Waals surface area contributed by atoms with Gasteiger partial charge >= 0.3 is 6.03 Å². The standard InChI is InChI=1S/C18H28N2O3/c1-14(6-5-10-21)19-18(22)20-17(12-15-9-11-23-13-15)16-7-3-2-4-8-16/h2-4,7-8,14-15,17,21H,5-6,9-13H2,1H3,(H2,19,20,22). The lowest BCUT2D eigenvalue weighted by Crippen LogP contribution is -2.42. The molecule has 0 bridgehead atoms. The smallest absolute Gasteiger partial charge is 0.315 e. The van der Waals surface area contributed by atoms with Crippen LogP contribution >= 0.6 is 0 Å². The van der Waals surface area contributed by atoms with E-state index in [1.165, 1.54) is 0 Å². The van der Waals surface area contributed by atoms with E-state index < -0.39 is 0 Å². The molecule has 0 saturated carbocycles. The summed E-state index contributed by atoms with van der Waals surface area (Å²) in [6.07, 6.45) is 3.42. The fourth-order valence-corrected chi connectivity index (χ4v) is 2.96. The van der Waals surface area contributed by atoms with Gasteiger partial charge in [0.25, 0.3) is 0 Å². The predicted molar refractivity (Wildman–Crippen MR) is 90.2 cm³/mol. The summed E-state index contributed by atoms with van der Waals surface area (Å²) in [5, 5.41) is 14.9. The average Bonchev–Trinajstić information content (AvgIpc) is 3.06. The fraction of sp³-hybridized carbons (Fsp3) is 0.611. The van der Waals surface area contributed by atoms with Crippen molar-refractivity contribution in [1.82, 2.24) is 10.6 Å². The number of aliphatic hydroxyl groups is 1. The Hall–Kier alpha value is -1.59. The van der Waals surface area contributed by atoms with Gasteiger partial charge in [0.15, 0.2) is 0 Å². The van der Waals surface area contributed by atoms with Crippen LogP contribution in [0.2, 0.25) is 0 Å². The molecule has 128 valence electrons. The first kappa shape index (κ1) is 17.8. The summed E-state index contributed by atoms with van der Waals surface area (Å²) in [4.78, 5) is 12.3. The second-order valence-electron chi connectivity index (χ2n) is 6.31. The fourth-order valence-electron chi connectivity index (χ4n) is 2.96. The molecule has 2 amide bonds. The van der Waals surface area contributed by atoms with Gasteiger partial charge in [-0.15, -0.1) is 0 Å². The molecule has 2 rings (SSSR count). The highest BCUT2D eigenvalue weighted by molar-refractivity contribution is 5.74. The molecule has 1 aromatic carbocycles. The van der Waals surface area contributed by atoms with Crippen LogP contribution in [0.25, 0.3) is 0 Å². The van der Waals surface area contributed by atoms with Gasteiger partial charge in [-0.05, 0) is 44.1 Å². The van der Waals surface area contributed by atoms with Crippen molar-refractivity contribution in [3.05, 3.63) is 35.9 Å². The van der Waals surface area contributed by atoms with Crippen LogP contribution in [0, 0.1) is 5.92 Å². The van der Waals surface area contributed by atoms with Crippen molar-refractivity contribution in [3.63, 3.8) is 0 Å². The van der Waals surface area contributed by atoms with Crippen molar-refractivity contribution in [2.24, 2.45) is 5.92 Å². The van der Waals surface area contributed by atoms with Crippen molar-refractivity contribution < 1.29 is 14.6 Å². The van der Waals surface area contributed by atoms with Gasteiger partial charge in [-0.1, -0.05) is 30.3 Å². The highest BCUT2D eigenvalue weighted by Crippen LogP contribution is 2.26. The Balaban J connectivity index is 1.92. The second kappa shape index (κ2) is 9.53. The highest BCUT2D eigenvalue weighted by atomic mass is 16.5. The van der Waals surface area contributed by atoms with Gasteiger partial charge in [-0.25, -0.2) is 4.79 Å². The number of carbonyl (C=O) groups is 1. The maximum Gasteiger partial charge on any atom is 0.315 e. The normalized spacial score (nSPS) is 20.0. The lowest BCUT2D eigenvalue weighted by molar-refractivity contribution is 0.181. The molecule has 0 spiro atoms. The van der Waals surface area contributed by atoms with E-state index in [0.29, 0.717) is 12.3 Å². The zero-order valence-electron chi connectivity index (χ0n) is 13.8. The maximum atomic E-state index is 12.3. The largest absolute Gasteiger partial charge is 0.396 e. The number of ether oxygens (including phenoxy) is 1. The molecular weight excluding hydrogens is 292 g/mol. The summed E-state index contributed by atoms with van der Waals surface area (Å²) in [6, 6.07) is 9.97. The van der Waals surface area contributed by atoms with Crippen LogP contribution in [-0.4, -0.2) is 37.0 Å². The zero-order chi connectivity index (χ0) is 16.5. The van der Waals surface area contributed by atoms with Gasteiger partial charge in [0.05, 0.1) is 6.04 Å². The number of aliphatic hydroxyl groups excluding tert-OH is 1. The van der Waals surface area contributed by atoms with E-state index in [0.717, 1.165) is 38.0 Å².